The van der Waals surface area contributed by atoms with E-state index >= 15 is 0 Å². The summed E-state index contributed by atoms with van der Waals surface area (Å²) in [5.41, 5.74) is 6.06. The van der Waals surface area contributed by atoms with Crippen molar-refractivity contribution in [3.05, 3.63) is 71.8 Å². The number of benzene rings is 1. The molecule has 1 aromatic carbocycles. The number of H-pyrrole nitrogens is 1. The van der Waals surface area contributed by atoms with Crippen LogP contribution in [-0.4, -0.2) is 26.9 Å². The monoisotopic (exact) mass is 342 g/mol. The lowest BCUT2D eigenvalue weighted by Crippen LogP contribution is -2.28. The molecule has 0 amide bonds. The summed E-state index contributed by atoms with van der Waals surface area (Å²) in [7, 11) is 2.19. The molecule has 4 aromatic rings. The van der Waals surface area contributed by atoms with Crippen molar-refractivity contribution < 1.29 is 0 Å². The first-order chi connectivity index (χ1) is 12.8. The molecule has 0 saturated carbocycles. The van der Waals surface area contributed by atoms with Gasteiger partial charge in [0.25, 0.3) is 0 Å². The van der Waals surface area contributed by atoms with Crippen LogP contribution >= 0.6 is 0 Å². The van der Waals surface area contributed by atoms with Crippen molar-refractivity contribution in [3.8, 4) is 0 Å². The first-order valence-electron chi connectivity index (χ1n) is 9.29. The average molecular weight is 342 g/mol. The van der Waals surface area contributed by atoms with Crippen LogP contribution in [0.1, 0.15) is 35.8 Å². The minimum atomic E-state index is 0.362. The van der Waals surface area contributed by atoms with Crippen molar-refractivity contribution in [3.63, 3.8) is 0 Å². The van der Waals surface area contributed by atoms with Crippen LogP contribution in [0.2, 0.25) is 0 Å². The van der Waals surface area contributed by atoms with Gasteiger partial charge in [0.2, 0.25) is 0 Å². The highest BCUT2D eigenvalue weighted by molar-refractivity contribution is 6.07. The van der Waals surface area contributed by atoms with Crippen molar-refractivity contribution in [1.29, 1.82) is 0 Å². The Balaban J connectivity index is 1.52. The van der Waals surface area contributed by atoms with Crippen molar-refractivity contribution in [1.82, 2.24) is 19.9 Å². The lowest BCUT2D eigenvalue weighted by Gasteiger charge is -2.32. The van der Waals surface area contributed by atoms with Gasteiger partial charge >= 0.3 is 0 Å². The van der Waals surface area contributed by atoms with Gasteiger partial charge < -0.3 is 4.98 Å². The average Bonchev–Trinajstić information content (AvgIpc) is 3.07. The molecule has 130 valence electrons. The van der Waals surface area contributed by atoms with Crippen LogP contribution in [-0.2, 0) is 13.0 Å². The van der Waals surface area contributed by atoms with E-state index in [0.717, 1.165) is 30.6 Å². The highest BCUT2D eigenvalue weighted by atomic mass is 15.1. The number of aryl methyl sites for hydroxylation is 1. The van der Waals surface area contributed by atoms with Crippen LogP contribution < -0.4 is 0 Å². The lowest BCUT2D eigenvalue weighted by atomic mass is 9.91. The third-order valence-corrected chi connectivity index (χ3v) is 5.60. The Morgan fingerprint density at radius 3 is 2.92 bits per heavy atom. The largest absolute Gasteiger partial charge is 0.353 e. The maximum Gasteiger partial charge on any atom is 0.0784 e. The zero-order valence-corrected chi connectivity index (χ0v) is 14.9. The van der Waals surface area contributed by atoms with Gasteiger partial charge in [-0.25, -0.2) is 0 Å². The molecule has 0 spiro atoms. The number of rotatable bonds is 3. The molecule has 1 unspecified atom stereocenters. The molecule has 0 saturated heterocycles. The zero-order valence-electron chi connectivity index (χ0n) is 14.9. The van der Waals surface area contributed by atoms with E-state index in [9.17, 15) is 0 Å². The summed E-state index contributed by atoms with van der Waals surface area (Å²) in [6.07, 6.45) is 7.37. The second-order valence-electron chi connectivity index (χ2n) is 7.22. The number of para-hydroxylation sites is 1. The number of nitrogens with one attached hydrogen (secondary N) is 1. The van der Waals surface area contributed by atoms with Gasteiger partial charge in [-0.3, -0.25) is 14.9 Å². The molecule has 4 nitrogen and oxygen atoms in total. The summed E-state index contributed by atoms with van der Waals surface area (Å²) < 4.78 is 0. The van der Waals surface area contributed by atoms with Gasteiger partial charge in [-0.05, 0) is 50.1 Å². The summed E-state index contributed by atoms with van der Waals surface area (Å²) in [5, 5.41) is 2.51. The molecule has 3 heterocycles. The molecule has 26 heavy (non-hydrogen) atoms. The van der Waals surface area contributed by atoms with E-state index < -0.39 is 0 Å². The van der Waals surface area contributed by atoms with Crippen molar-refractivity contribution in [2.75, 3.05) is 7.05 Å². The number of aromatic amines is 1. The van der Waals surface area contributed by atoms with Gasteiger partial charge in [0, 0.05) is 35.2 Å². The van der Waals surface area contributed by atoms with Crippen LogP contribution in [0.25, 0.3) is 21.8 Å². The predicted molar refractivity (Wildman–Crippen MR) is 105 cm³/mol. The van der Waals surface area contributed by atoms with Gasteiger partial charge in [-0.2, -0.15) is 0 Å². The normalized spacial score (nSPS) is 17.1. The molecule has 0 radical (unpaired) electrons. The lowest BCUT2D eigenvalue weighted by molar-refractivity contribution is 0.207. The maximum absolute atomic E-state index is 4.70. The fourth-order valence-electron chi connectivity index (χ4n) is 4.31. The Bertz CT molecular complexity index is 1080. The minimum Gasteiger partial charge on any atom is -0.353 e. The van der Waals surface area contributed by atoms with E-state index in [2.05, 4.69) is 53.3 Å². The third kappa shape index (κ3) is 2.49. The summed E-state index contributed by atoms with van der Waals surface area (Å²) in [6, 6.07) is 15.2. The van der Waals surface area contributed by atoms with Crippen molar-refractivity contribution in [2.24, 2.45) is 0 Å². The number of fused-ring (bicyclic) bond motifs is 4. The third-order valence-electron chi connectivity index (χ3n) is 5.60. The standard InChI is InChI=1S/C22H22N4/c1-26(20-10-4-6-15-7-5-12-24-21(15)20)14-19-22-17(11-13-23-19)16-8-2-3-9-18(16)25-22/h2-3,5,7-9,11-13,20,25H,4,6,10,14H2,1H3. The van der Waals surface area contributed by atoms with Gasteiger partial charge in [0.1, 0.15) is 0 Å². The summed E-state index contributed by atoms with van der Waals surface area (Å²) in [5.74, 6) is 0. The molecule has 0 bridgehead atoms. The molecule has 3 aromatic heterocycles. The number of pyridine rings is 2. The number of hydrogen-bond donors (Lipinski definition) is 1. The van der Waals surface area contributed by atoms with Crippen molar-refractivity contribution in [2.45, 2.75) is 31.8 Å². The Labute approximate surface area is 152 Å². The molecule has 5 rings (SSSR count). The van der Waals surface area contributed by atoms with Gasteiger partial charge in [-0.15, -0.1) is 0 Å². The van der Waals surface area contributed by atoms with Crippen LogP contribution in [0.3, 0.4) is 0 Å². The molecule has 0 aliphatic heterocycles. The van der Waals surface area contributed by atoms with Crippen LogP contribution in [0.4, 0.5) is 0 Å². The molecular weight excluding hydrogens is 320 g/mol. The highest BCUT2D eigenvalue weighted by Crippen LogP contribution is 2.33. The Hall–Kier alpha value is -2.72. The quantitative estimate of drug-likeness (QED) is 0.591. The molecule has 0 fully saturated rings. The fourth-order valence-corrected chi connectivity index (χ4v) is 4.31. The number of nitrogens with zero attached hydrogens (tertiary/aromatic N) is 3. The van der Waals surface area contributed by atoms with E-state index in [1.54, 1.807) is 0 Å². The molecule has 4 heteroatoms. The molecule has 1 aliphatic carbocycles. The number of aromatic nitrogens is 3. The maximum atomic E-state index is 4.70. The summed E-state index contributed by atoms with van der Waals surface area (Å²) in [4.78, 5) is 15.4. The molecule has 1 atom stereocenters. The second-order valence-corrected chi connectivity index (χ2v) is 7.22. The van der Waals surface area contributed by atoms with E-state index in [-0.39, 0.29) is 0 Å². The Morgan fingerprint density at radius 1 is 1.04 bits per heavy atom. The van der Waals surface area contributed by atoms with Gasteiger partial charge in [0.15, 0.2) is 0 Å². The fraction of sp³-hybridized carbons (Fsp3) is 0.273. The van der Waals surface area contributed by atoms with Gasteiger partial charge in [-0.1, -0.05) is 24.3 Å². The van der Waals surface area contributed by atoms with Gasteiger partial charge in [0.05, 0.1) is 22.9 Å². The van der Waals surface area contributed by atoms with Crippen LogP contribution in [0.15, 0.2) is 54.9 Å². The molecule has 1 aliphatic rings. The van der Waals surface area contributed by atoms with E-state index in [0.29, 0.717) is 6.04 Å². The minimum absolute atomic E-state index is 0.362. The van der Waals surface area contributed by atoms with E-state index in [1.165, 1.54) is 34.0 Å². The zero-order chi connectivity index (χ0) is 17.5. The van der Waals surface area contributed by atoms with Crippen LogP contribution in [0, 0.1) is 0 Å². The Morgan fingerprint density at radius 2 is 1.96 bits per heavy atom. The van der Waals surface area contributed by atoms with Crippen LogP contribution in [0.5, 0.6) is 0 Å². The van der Waals surface area contributed by atoms with Crippen molar-refractivity contribution >= 4 is 21.8 Å². The molecule has 1 N–H and O–H groups in total. The topological polar surface area (TPSA) is 44.8 Å². The Kier molecular flexibility index (Phi) is 3.71. The summed E-state index contributed by atoms with van der Waals surface area (Å²) >= 11 is 0. The first kappa shape index (κ1) is 15.5. The molecular formula is C22H22N4. The van der Waals surface area contributed by atoms with E-state index in [1.807, 2.05) is 18.5 Å². The predicted octanol–water partition coefficient (Wildman–Crippen LogP) is 4.62. The highest BCUT2D eigenvalue weighted by Gasteiger charge is 2.25. The second kappa shape index (κ2) is 6.22. The van der Waals surface area contributed by atoms with E-state index in [4.69, 9.17) is 9.97 Å². The number of hydrogen-bond acceptors (Lipinski definition) is 3. The SMILES string of the molecule is CN(Cc1nccc2c1[nH]c1ccccc12)C1CCCc2cccnc21. The smallest absolute Gasteiger partial charge is 0.0784 e. The first-order valence-corrected chi connectivity index (χ1v) is 9.29. The summed E-state index contributed by atoms with van der Waals surface area (Å²) in [6.45, 7) is 0.810.